The summed E-state index contributed by atoms with van der Waals surface area (Å²) >= 11 is 4.96. The molecular weight excluding hydrogens is 348 g/mol. The number of carbonyl (C=O) groups excluding carboxylic acids is 1. The molecule has 1 heterocycles. The molecule has 1 aromatic carbocycles. The van der Waals surface area contributed by atoms with E-state index in [1.54, 1.807) is 0 Å². The van der Waals surface area contributed by atoms with E-state index in [2.05, 4.69) is 21.2 Å². The molecule has 21 heavy (non-hydrogen) atoms. The van der Waals surface area contributed by atoms with Crippen LogP contribution in [-0.4, -0.2) is 12.5 Å². The molecule has 2 aromatic rings. The molecule has 1 aliphatic carbocycles. The van der Waals surface area contributed by atoms with E-state index in [9.17, 15) is 4.79 Å². The van der Waals surface area contributed by atoms with Gasteiger partial charge in [-0.15, -0.1) is 11.3 Å². The van der Waals surface area contributed by atoms with Gasteiger partial charge < -0.3 is 11.1 Å². The van der Waals surface area contributed by atoms with Gasteiger partial charge >= 0.3 is 0 Å². The molecule has 3 rings (SSSR count). The molecule has 0 unspecified atom stereocenters. The first-order chi connectivity index (χ1) is 10.2. The number of anilines is 1. The normalized spacial score (nSPS) is 15.7. The summed E-state index contributed by atoms with van der Waals surface area (Å²) in [4.78, 5) is 13.0. The first kappa shape index (κ1) is 14.9. The SMILES string of the molecule is Nc1c(C(=O)NCCC2CCCC2)sc2cccc(Br)c12. The number of hydrogen-bond acceptors (Lipinski definition) is 3. The number of amides is 1. The van der Waals surface area contributed by atoms with Gasteiger partial charge in [0.05, 0.1) is 5.69 Å². The lowest BCUT2D eigenvalue weighted by Gasteiger charge is -2.09. The van der Waals surface area contributed by atoms with E-state index < -0.39 is 0 Å². The first-order valence-electron chi connectivity index (χ1n) is 7.41. The highest BCUT2D eigenvalue weighted by atomic mass is 79.9. The largest absolute Gasteiger partial charge is 0.397 e. The third kappa shape index (κ3) is 3.09. The average Bonchev–Trinajstić information content (AvgIpc) is 3.08. The van der Waals surface area contributed by atoms with E-state index in [0.717, 1.165) is 33.4 Å². The van der Waals surface area contributed by atoms with Crippen molar-refractivity contribution in [3.8, 4) is 0 Å². The van der Waals surface area contributed by atoms with Crippen LogP contribution >= 0.6 is 27.3 Å². The molecular formula is C16H19BrN2OS. The second-order valence-corrected chi connectivity index (χ2v) is 7.56. The van der Waals surface area contributed by atoms with Gasteiger partial charge in [0.2, 0.25) is 0 Å². The summed E-state index contributed by atoms with van der Waals surface area (Å²) in [7, 11) is 0. The Bertz CT molecular complexity index is 662. The molecule has 3 N–H and O–H groups in total. The molecule has 112 valence electrons. The Labute approximate surface area is 137 Å². The van der Waals surface area contributed by atoms with Gasteiger partial charge in [-0.05, 0) is 24.5 Å². The predicted octanol–water partition coefficient (Wildman–Crippen LogP) is 4.56. The lowest BCUT2D eigenvalue weighted by molar-refractivity contribution is 0.0956. The zero-order chi connectivity index (χ0) is 14.8. The molecule has 5 heteroatoms. The van der Waals surface area contributed by atoms with Crippen LogP contribution in [0, 0.1) is 5.92 Å². The van der Waals surface area contributed by atoms with Crippen LogP contribution in [0.2, 0.25) is 0 Å². The summed E-state index contributed by atoms with van der Waals surface area (Å²) in [5.41, 5.74) is 6.74. The number of thiophene rings is 1. The fourth-order valence-electron chi connectivity index (χ4n) is 3.07. The van der Waals surface area contributed by atoms with E-state index in [0.29, 0.717) is 10.6 Å². The van der Waals surface area contributed by atoms with Crippen molar-refractivity contribution in [3.63, 3.8) is 0 Å². The zero-order valence-corrected chi connectivity index (χ0v) is 14.2. The van der Waals surface area contributed by atoms with Crippen molar-refractivity contribution in [2.45, 2.75) is 32.1 Å². The van der Waals surface area contributed by atoms with E-state index in [4.69, 9.17) is 5.73 Å². The van der Waals surface area contributed by atoms with Crippen molar-refractivity contribution in [1.29, 1.82) is 0 Å². The monoisotopic (exact) mass is 366 g/mol. The number of fused-ring (bicyclic) bond motifs is 1. The van der Waals surface area contributed by atoms with E-state index in [-0.39, 0.29) is 5.91 Å². The van der Waals surface area contributed by atoms with Crippen LogP contribution < -0.4 is 11.1 Å². The molecule has 0 radical (unpaired) electrons. The van der Waals surface area contributed by atoms with Crippen LogP contribution in [0.4, 0.5) is 5.69 Å². The smallest absolute Gasteiger partial charge is 0.263 e. The highest BCUT2D eigenvalue weighted by Crippen LogP contribution is 2.38. The van der Waals surface area contributed by atoms with Crippen molar-refractivity contribution in [2.75, 3.05) is 12.3 Å². The standard InChI is InChI=1S/C16H19BrN2OS/c17-11-6-3-7-12-13(11)14(18)15(21-12)16(20)19-9-8-10-4-1-2-5-10/h3,6-7,10H,1-2,4-5,8-9,18H2,(H,19,20). The number of nitrogens with two attached hydrogens (primary N) is 1. The summed E-state index contributed by atoms with van der Waals surface area (Å²) in [6.07, 6.45) is 6.40. The number of halogens is 1. The van der Waals surface area contributed by atoms with Gasteiger partial charge in [-0.25, -0.2) is 0 Å². The van der Waals surface area contributed by atoms with Gasteiger partial charge in [-0.3, -0.25) is 4.79 Å². The summed E-state index contributed by atoms with van der Waals surface area (Å²) in [6, 6.07) is 5.91. The molecule has 0 aliphatic heterocycles. The van der Waals surface area contributed by atoms with Crippen molar-refractivity contribution in [2.24, 2.45) is 5.92 Å². The van der Waals surface area contributed by atoms with Crippen LogP contribution in [0.25, 0.3) is 10.1 Å². The van der Waals surface area contributed by atoms with E-state index in [1.165, 1.54) is 37.0 Å². The molecule has 0 bridgehead atoms. The Hall–Kier alpha value is -1.07. The number of benzene rings is 1. The maximum Gasteiger partial charge on any atom is 0.263 e. The Balaban J connectivity index is 1.69. The average molecular weight is 367 g/mol. The third-order valence-electron chi connectivity index (χ3n) is 4.22. The molecule has 0 saturated heterocycles. The van der Waals surface area contributed by atoms with Gasteiger partial charge in [0.25, 0.3) is 5.91 Å². The van der Waals surface area contributed by atoms with Crippen LogP contribution in [0.15, 0.2) is 22.7 Å². The lowest BCUT2D eigenvalue weighted by Crippen LogP contribution is -2.25. The Morgan fingerprint density at radius 3 is 2.86 bits per heavy atom. The highest BCUT2D eigenvalue weighted by molar-refractivity contribution is 9.10. The molecule has 0 spiro atoms. The van der Waals surface area contributed by atoms with Crippen LogP contribution in [-0.2, 0) is 0 Å². The van der Waals surface area contributed by atoms with Crippen LogP contribution in [0.5, 0.6) is 0 Å². The van der Waals surface area contributed by atoms with Gasteiger partial charge in [0.15, 0.2) is 0 Å². The number of nitrogen functional groups attached to an aromatic ring is 1. The zero-order valence-electron chi connectivity index (χ0n) is 11.8. The second-order valence-electron chi connectivity index (χ2n) is 5.65. The Kier molecular flexibility index (Phi) is 4.50. The van der Waals surface area contributed by atoms with E-state index >= 15 is 0 Å². The van der Waals surface area contributed by atoms with Gasteiger partial charge in [0.1, 0.15) is 4.88 Å². The maximum atomic E-state index is 12.3. The van der Waals surface area contributed by atoms with Gasteiger partial charge in [0, 0.05) is 21.1 Å². The summed E-state index contributed by atoms with van der Waals surface area (Å²) in [5, 5.41) is 3.97. The third-order valence-corrected chi connectivity index (χ3v) is 6.05. The summed E-state index contributed by atoms with van der Waals surface area (Å²) in [5.74, 6) is 0.748. The van der Waals surface area contributed by atoms with Crippen LogP contribution in [0.3, 0.4) is 0 Å². The highest BCUT2D eigenvalue weighted by Gasteiger charge is 2.19. The summed E-state index contributed by atoms with van der Waals surface area (Å²) in [6.45, 7) is 0.748. The fraction of sp³-hybridized carbons (Fsp3) is 0.438. The molecule has 1 fully saturated rings. The molecule has 1 amide bonds. The quantitative estimate of drug-likeness (QED) is 0.833. The molecule has 1 aliphatic rings. The minimum Gasteiger partial charge on any atom is -0.397 e. The van der Waals surface area contributed by atoms with Gasteiger partial charge in [-0.2, -0.15) is 0 Å². The number of rotatable bonds is 4. The molecule has 0 atom stereocenters. The first-order valence-corrected chi connectivity index (χ1v) is 9.02. The predicted molar refractivity (Wildman–Crippen MR) is 92.8 cm³/mol. The Morgan fingerprint density at radius 2 is 2.14 bits per heavy atom. The van der Waals surface area contributed by atoms with Crippen molar-refractivity contribution in [1.82, 2.24) is 5.32 Å². The van der Waals surface area contributed by atoms with Crippen molar-refractivity contribution >= 4 is 48.9 Å². The topological polar surface area (TPSA) is 55.1 Å². The lowest BCUT2D eigenvalue weighted by atomic mass is 10.0. The second kappa shape index (κ2) is 6.36. The van der Waals surface area contributed by atoms with Crippen molar-refractivity contribution < 1.29 is 4.79 Å². The van der Waals surface area contributed by atoms with Crippen molar-refractivity contribution in [3.05, 3.63) is 27.5 Å². The minimum absolute atomic E-state index is 0.0430. The Morgan fingerprint density at radius 1 is 1.38 bits per heavy atom. The van der Waals surface area contributed by atoms with Gasteiger partial charge in [-0.1, -0.05) is 47.7 Å². The molecule has 1 saturated carbocycles. The van der Waals surface area contributed by atoms with E-state index in [1.807, 2.05) is 18.2 Å². The maximum absolute atomic E-state index is 12.3. The number of nitrogens with one attached hydrogen (secondary N) is 1. The number of hydrogen-bond donors (Lipinski definition) is 2. The number of carbonyl (C=O) groups is 1. The van der Waals surface area contributed by atoms with Crippen LogP contribution in [0.1, 0.15) is 41.8 Å². The fourth-order valence-corrected chi connectivity index (χ4v) is 4.84. The molecule has 3 nitrogen and oxygen atoms in total. The molecule has 1 aromatic heterocycles. The minimum atomic E-state index is -0.0430. The summed E-state index contributed by atoms with van der Waals surface area (Å²) < 4.78 is 1.99.